The highest BCUT2D eigenvalue weighted by Crippen LogP contribution is 2.30. The Labute approximate surface area is 188 Å². The molecule has 4 aromatic rings. The van der Waals surface area contributed by atoms with Gasteiger partial charge in [-0.15, -0.1) is 11.3 Å². The molecule has 31 heavy (non-hydrogen) atoms. The maximum Gasteiger partial charge on any atom is 0.261 e. The first-order valence-electron chi connectivity index (χ1n) is 9.37. The van der Waals surface area contributed by atoms with E-state index in [1.807, 2.05) is 29.8 Å². The van der Waals surface area contributed by atoms with Gasteiger partial charge in [0, 0.05) is 17.0 Å². The molecular weight excluding hydrogens is 456 g/mol. The number of carbonyl (C=O) groups excluding carboxylic acids is 1. The molecule has 0 saturated carbocycles. The van der Waals surface area contributed by atoms with E-state index in [1.54, 1.807) is 24.3 Å². The van der Waals surface area contributed by atoms with Crippen LogP contribution in [-0.4, -0.2) is 30.7 Å². The third-order valence-electron chi connectivity index (χ3n) is 4.79. The van der Waals surface area contributed by atoms with E-state index in [-0.39, 0.29) is 10.8 Å². The second kappa shape index (κ2) is 8.43. The average molecular weight is 475 g/mol. The van der Waals surface area contributed by atoms with Gasteiger partial charge in [0.1, 0.15) is 4.83 Å². The van der Waals surface area contributed by atoms with Gasteiger partial charge in [-0.05, 0) is 61.4 Å². The van der Waals surface area contributed by atoms with Gasteiger partial charge in [0.05, 0.1) is 21.2 Å². The molecule has 0 atom stereocenters. The van der Waals surface area contributed by atoms with Crippen molar-refractivity contribution < 1.29 is 13.2 Å². The Morgan fingerprint density at radius 2 is 1.84 bits per heavy atom. The molecule has 0 fully saturated rings. The summed E-state index contributed by atoms with van der Waals surface area (Å²) in [6.07, 6.45) is 0.569. The molecule has 0 spiro atoms. The summed E-state index contributed by atoms with van der Waals surface area (Å²) in [7, 11) is -3.71. The highest BCUT2D eigenvalue weighted by Gasteiger charge is 2.17. The van der Waals surface area contributed by atoms with E-state index in [2.05, 4.69) is 10.4 Å². The van der Waals surface area contributed by atoms with Crippen molar-refractivity contribution >= 4 is 49.1 Å². The normalized spacial score (nSPS) is 11.7. The number of sulfonamides is 1. The number of aryl methyl sites for hydroxylation is 1. The largest absolute Gasteiger partial charge is 0.351 e. The third kappa shape index (κ3) is 4.64. The van der Waals surface area contributed by atoms with Crippen molar-refractivity contribution in [1.29, 1.82) is 0 Å². The number of aromatic nitrogens is 2. The first kappa shape index (κ1) is 21.5. The van der Waals surface area contributed by atoms with Crippen molar-refractivity contribution in [2.24, 2.45) is 5.14 Å². The van der Waals surface area contributed by atoms with Crippen LogP contribution >= 0.6 is 22.9 Å². The zero-order valence-corrected chi connectivity index (χ0v) is 18.9. The minimum absolute atomic E-state index is 0.0654. The van der Waals surface area contributed by atoms with Gasteiger partial charge in [-0.3, -0.25) is 4.79 Å². The van der Waals surface area contributed by atoms with Crippen LogP contribution < -0.4 is 10.5 Å². The number of benzene rings is 2. The Kier molecular flexibility index (Phi) is 5.85. The van der Waals surface area contributed by atoms with E-state index in [0.29, 0.717) is 22.9 Å². The fourth-order valence-electron chi connectivity index (χ4n) is 3.17. The number of rotatable bonds is 6. The minimum atomic E-state index is -3.71. The lowest BCUT2D eigenvalue weighted by Crippen LogP contribution is -2.24. The Morgan fingerprint density at radius 1 is 1.16 bits per heavy atom. The maximum absolute atomic E-state index is 12.6. The van der Waals surface area contributed by atoms with Crippen LogP contribution in [-0.2, 0) is 16.4 Å². The van der Waals surface area contributed by atoms with Gasteiger partial charge in [0.25, 0.3) is 5.91 Å². The number of thiophene rings is 1. The van der Waals surface area contributed by atoms with Gasteiger partial charge < -0.3 is 5.32 Å². The van der Waals surface area contributed by atoms with E-state index >= 15 is 0 Å². The van der Waals surface area contributed by atoms with E-state index < -0.39 is 10.0 Å². The zero-order chi connectivity index (χ0) is 22.2. The van der Waals surface area contributed by atoms with Crippen molar-refractivity contribution in [2.45, 2.75) is 18.2 Å². The number of nitrogens with one attached hydrogen (secondary N) is 1. The van der Waals surface area contributed by atoms with Crippen LogP contribution in [0.15, 0.2) is 59.5 Å². The SMILES string of the molecule is Cc1nn(-c2ccc(Cl)cc2)c2sc(C(=O)NCCc3ccc(S(N)(=O)=O)cc3)cc12. The van der Waals surface area contributed by atoms with Gasteiger partial charge in [-0.1, -0.05) is 23.7 Å². The van der Waals surface area contributed by atoms with E-state index in [0.717, 1.165) is 27.2 Å². The highest BCUT2D eigenvalue weighted by molar-refractivity contribution is 7.89. The fraction of sp³-hybridized carbons (Fsp3) is 0.143. The van der Waals surface area contributed by atoms with Crippen LogP contribution in [0.2, 0.25) is 5.02 Å². The molecule has 2 aromatic carbocycles. The Hall–Kier alpha value is -2.72. The Morgan fingerprint density at radius 3 is 2.48 bits per heavy atom. The lowest BCUT2D eigenvalue weighted by molar-refractivity contribution is 0.0958. The van der Waals surface area contributed by atoms with Gasteiger partial charge in [-0.25, -0.2) is 18.2 Å². The summed E-state index contributed by atoms with van der Waals surface area (Å²) in [6.45, 7) is 2.33. The number of primary sulfonamides is 1. The van der Waals surface area contributed by atoms with Crippen LogP contribution in [0.1, 0.15) is 20.9 Å². The molecule has 10 heteroatoms. The summed E-state index contributed by atoms with van der Waals surface area (Å²) in [6, 6.07) is 15.5. The summed E-state index contributed by atoms with van der Waals surface area (Å²) in [4.78, 5) is 14.2. The molecular formula is C21H19ClN4O3S2. The zero-order valence-electron chi connectivity index (χ0n) is 16.5. The van der Waals surface area contributed by atoms with Crippen molar-refractivity contribution in [3.8, 4) is 5.69 Å². The molecule has 0 unspecified atom stereocenters. The standard InChI is InChI=1S/C21H19ClN4O3S2/c1-13-18-12-19(30-21(18)26(25-13)16-6-4-15(22)5-7-16)20(27)24-11-10-14-2-8-17(9-3-14)31(23,28)29/h2-9,12H,10-11H2,1H3,(H,24,27)(H2,23,28,29). The average Bonchev–Trinajstić information content (AvgIpc) is 3.29. The molecule has 0 saturated heterocycles. The summed E-state index contributed by atoms with van der Waals surface area (Å²) >= 11 is 7.35. The van der Waals surface area contributed by atoms with E-state index in [9.17, 15) is 13.2 Å². The molecule has 2 heterocycles. The number of hydrogen-bond donors (Lipinski definition) is 2. The smallest absolute Gasteiger partial charge is 0.261 e. The molecule has 0 aliphatic carbocycles. The summed E-state index contributed by atoms with van der Waals surface area (Å²) < 4.78 is 24.5. The van der Waals surface area contributed by atoms with Gasteiger partial charge >= 0.3 is 0 Å². The number of carbonyl (C=O) groups is 1. The highest BCUT2D eigenvalue weighted by atomic mass is 35.5. The first-order valence-corrected chi connectivity index (χ1v) is 12.1. The third-order valence-corrected chi connectivity index (χ3v) is 7.08. The quantitative estimate of drug-likeness (QED) is 0.444. The summed E-state index contributed by atoms with van der Waals surface area (Å²) in [5.41, 5.74) is 2.62. The van der Waals surface area contributed by atoms with Gasteiger partial charge in [0.15, 0.2) is 0 Å². The minimum Gasteiger partial charge on any atom is -0.351 e. The lowest BCUT2D eigenvalue weighted by Gasteiger charge is -2.05. The molecule has 3 N–H and O–H groups in total. The van der Waals surface area contributed by atoms with Crippen LogP contribution in [0.25, 0.3) is 15.9 Å². The van der Waals surface area contributed by atoms with E-state index in [1.165, 1.54) is 23.5 Å². The first-order chi connectivity index (χ1) is 14.7. The van der Waals surface area contributed by atoms with Crippen molar-refractivity contribution in [2.75, 3.05) is 6.54 Å². The summed E-state index contributed by atoms with van der Waals surface area (Å²) in [5, 5.41) is 14.2. The van der Waals surface area contributed by atoms with Crippen molar-refractivity contribution in [3.63, 3.8) is 0 Å². The number of nitrogens with zero attached hydrogens (tertiary/aromatic N) is 2. The Bertz CT molecular complexity index is 1360. The number of amides is 1. The second-order valence-corrected chi connectivity index (χ2v) is 10.0. The summed E-state index contributed by atoms with van der Waals surface area (Å²) in [5.74, 6) is -0.163. The van der Waals surface area contributed by atoms with Crippen molar-refractivity contribution in [3.05, 3.63) is 75.8 Å². The van der Waals surface area contributed by atoms with Gasteiger partial charge in [0.2, 0.25) is 10.0 Å². The van der Waals surface area contributed by atoms with Gasteiger partial charge in [-0.2, -0.15) is 5.10 Å². The number of hydrogen-bond acceptors (Lipinski definition) is 5. The van der Waals surface area contributed by atoms with E-state index in [4.69, 9.17) is 16.7 Å². The fourth-order valence-corrected chi connectivity index (χ4v) is 4.91. The molecule has 7 nitrogen and oxygen atoms in total. The molecule has 0 radical (unpaired) electrons. The number of nitrogens with two attached hydrogens (primary N) is 1. The molecule has 0 bridgehead atoms. The lowest BCUT2D eigenvalue weighted by atomic mass is 10.1. The number of fused-ring (bicyclic) bond motifs is 1. The molecule has 4 rings (SSSR count). The molecule has 0 aliphatic heterocycles. The number of halogens is 1. The molecule has 2 aromatic heterocycles. The van der Waals surface area contributed by atoms with Crippen LogP contribution in [0.4, 0.5) is 0 Å². The monoisotopic (exact) mass is 474 g/mol. The topological polar surface area (TPSA) is 107 Å². The molecule has 1 amide bonds. The molecule has 160 valence electrons. The van der Waals surface area contributed by atoms with Crippen molar-refractivity contribution in [1.82, 2.24) is 15.1 Å². The van der Waals surface area contributed by atoms with Crippen LogP contribution in [0, 0.1) is 6.92 Å². The van der Waals surface area contributed by atoms with Crippen LogP contribution in [0.3, 0.4) is 0 Å². The predicted molar refractivity (Wildman–Crippen MR) is 123 cm³/mol. The molecule has 0 aliphatic rings. The second-order valence-electron chi connectivity index (χ2n) is 7.00. The van der Waals surface area contributed by atoms with Crippen LogP contribution in [0.5, 0.6) is 0 Å². The Balaban J connectivity index is 1.46. The predicted octanol–water partition coefficient (Wildman–Crippen LogP) is 3.67. The maximum atomic E-state index is 12.6.